The van der Waals surface area contributed by atoms with Gasteiger partial charge in [-0.15, -0.1) is 11.3 Å². The molecule has 1 aliphatic carbocycles. The van der Waals surface area contributed by atoms with Crippen molar-refractivity contribution in [2.24, 2.45) is 0 Å². The lowest BCUT2D eigenvalue weighted by atomic mass is 9.97. The molecule has 0 aliphatic heterocycles. The summed E-state index contributed by atoms with van der Waals surface area (Å²) in [5.74, 6) is 1.52. The minimum atomic E-state index is -0.425. The fourth-order valence-electron chi connectivity index (χ4n) is 3.15. The number of anilines is 1. The van der Waals surface area contributed by atoms with Gasteiger partial charge in [0.05, 0.1) is 11.5 Å². The van der Waals surface area contributed by atoms with E-state index in [1.165, 1.54) is 23.3 Å². The van der Waals surface area contributed by atoms with Crippen LogP contribution in [0.15, 0.2) is 24.5 Å². The Kier molecular flexibility index (Phi) is 4.16. The molecule has 0 fully saturated rings. The maximum Gasteiger partial charge on any atom is 0.164 e. The molecule has 124 valence electrons. The van der Waals surface area contributed by atoms with Crippen molar-refractivity contribution in [1.29, 1.82) is 0 Å². The van der Waals surface area contributed by atoms with E-state index in [4.69, 9.17) is 9.97 Å². The van der Waals surface area contributed by atoms with Gasteiger partial charge in [0.1, 0.15) is 10.6 Å². The number of hydrogen-bond acceptors (Lipinski definition) is 6. The van der Waals surface area contributed by atoms with E-state index < -0.39 is 6.10 Å². The lowest BCUT2D eigenvalue weighted by Crippen LogP contribution is -2.16. The summed E-state index contributed by atoms with van der Waals surface area (Å²) in [6, 6.07) is 3.87. The highest BCUT2D eigenvalue weighted by molar-refractivity contribution is 7.19. The Morgan fingerprint density at radius 2 is 2.17 bits per heavy atom. The topological polar surface area (TPSA) is 70.9 Å². The van der Waals surface area contributed by atoms with Crippen molar-refractivity contribution in [1.82, 2.24) is 15.0 Å². The minimum Gasteiger partial charge on any atom is -0.392 e. The second-order valence-electron chi connectivity index (χ2n) is 6.26. The van der Waals surface area contributed by atoms with Crippen molar-refractivity contribution in [3.05, 3.63) is 35.0 Å². The van der Waals surface area contributed by atoms with Gasteiger partial charge in [0.25, 0.3) is 0 Å². The fourth-order valence-corrected chi connectivity index (χ4v) is 4.42. The molecule has 24 heavy (non-hydrogen) atoms. The van der Waals surface area contributed by atoms with Crippen molar-refractivity contribution in [3.8, 4) is 11.4 Å². The second-order valence-corrected chi connectivity index (χ2v) is 7.34. The number of pyridine rings is 1. The minimum absolute atomic E-state index is 0.425. The Bertz CT molecular complexity index is 860. The van der Waals surface area contributed by atoms with Crippen LogP contribution in [0, 0.1) is 0 Å². The Balaban J connectivity index is 1.88. The maximum atomic E-state index is 9.65. The zero-order chi connectivity index (χ0) is 16.5. The lowest BCUT2D eigenvalue weighted by Gasteiger charge is -2.14. The van der Waals surface area contributed by atoms with Crippen molar-refractivity contribution in [2.75, 3.05) is 11.9 Å². The van der Waals surface area contributed by atoms with Gasteiger partial charge in [-0.3, -0.25) is 4.98 Å². The van der Waals surface area contributed by atoms with Crippen LogP contribution in [0.1, 0.15) is 30.2 Å². The number of fused-ring (bicyclic) bond motifs is 3. The van der Waals surface area contributed by atoms with Gasteiger partial charge in [0, 0.05) is 29.4 Å². The van der Waals surface area contributed by atoms with E-state index in [2.05, 4.69) is 10.3 Å². The van der Waals surface area contributed by atoms with Gasteiger partial charge in [-0.05, 0) is 50.3 Å². The van der Waals surface area contributed by atoms with Crippen LogP contribution in [0.4, 0.5) is 5.82 Å². The first kappa shape index (κ1) is 15.5. The van der Waals surface area contributed by atoms with Crippen molar-refractivity contribution in [2.45, 2.75) is 38.7 Å². The molecule has 1 atom stereocenters. The molecule has 0 saturated carbocycles. The Labute approximate surface area is 144 Å². The van der Waals surface area contributed by atoms with Crippen LogP contribution in [-0.4, -0.2) is 32.7 Å². The first-order valence-corrected chi connectivity index (χ1v) is 9.18. The Hall–Kier alpha value is -2.05. The van der Waals surface area contributed by atoms with E-state index in [-0.39, 0.29) is 0 Å². The lowest BCUT2D eigenvalue weighted by molar-refractivity contribution is 0.208. The van der Waals surface area contributed by atoms with E-state index in [0.29, 0.717) is 12.4 Å². The van der Waals surface area contributed by atoms with Crippen LogP contribution >= 0.6 is 11.3 Å². The molecule has 1 aliphatic rings. The molecule has 0 spiro atoms. The third kappa shape index (κ3) is 2.87. The van der Waals surface area contributed by atoms with E-state index in [0.717, 1.165) is 34.4 Å². The summed E-state index contributed by atoms with van der Waals surface area (Å²) in [4.78, 5) is 16.2. The molecule has 4 rings (SSSR count). The average Bonchev–Trinajstić information content (AvgIpc) is 2.99. The highest BCUT2D eigenvalue weighted by Gasteiger charge is 2.21. The molecule has 0 saturated heterocycles. The van der Waals surface area contributed by atoms with Crippen LogP contribution in [0.2, 0.25) is 0 Å². The normalized spacial score (nSPS) is 15.2. The van der Waals surface area contributed by atoms with Crippen molar-refractivity contribution >= 4 is 27.4 Å². The van der Waals surface area contributed by atoms with Crippen molar-refractivity contribution < 1.29 is 5.11 Å². The molecule has 2 N–H and O–H groups in total. The van der Waals surface area contributed by atoms with Gasteiger partial charge in [-0.1, -0.05) is 0 Å². The Morgan fingerprint density at radius 1 is 1.29 bits per heavy atom. The smallest absolute Gasteiger partial charge is 0.164 e. The molecule has 6 heteroatoms. The molecule has 3 aromatic rings. The number of aromatic nitrogens is 3. The first-order valence-electron chi connectivity index (χ1n) is 8.37. The number of nitrogens with zero attached hydrogens (tertiary/aromatic N) is 3. The Morgan fingerprint density at radius 3 is 2.96 bits per heavy atom. The van der Waals surface area contributed by atoms with Crippen LogP contribution in [0.25, 0.3) is 21.6 Å². The highest BCUT2D eigenvalue weighted by atomic mass is 32.1. The first-order chi connectivity index (χ1) is 11.7. The van der Waals surface area contributed by atoms with Gasteiger partial charge in [-0.25, -0.2) is 9.97 Å². The highest BCUT2D eigenvalue weighted by Crippen LogP contribution is 2.39. The number of rotatable bonds is 4. The molecule has 3 heterocycles. The van der Waals surface area contributed by atoms with Crippen LogP contribution in [0.5, 0.6) is 0 Å². The number of aryl methyl sites for hydroxylation is 2. The monoisotopic (exact) mass is 340 g/mol. The third-order valence-electron chi connectivity index (χ3n) is 4.30. The van der Waals surface area contributed by atoms with Gasteiger partial charge < -0.3 is 10.4 Å². The standard InChI is InChI=1S/C18H20N4OS/c1-11(23)9-20-17-15-13-6-2-3-7-14(13)24-18(15)22-16(21-17)12-5-4-8-19-10-12/h4-5,8,10-11,23H,2-3,6-7,9H2,1H3,(H,20,21,22). The molecule has 3 aromatic heterocycles. The van der Waals surface area contributed by atoms with Crippen LogP contribution in [-0.2, 0) is 12.8 Å². The molecular weight excluding hydrogens is 320 g/mol. The predicted octanol–water partition coefficient (Wildman–Crippen LogP) is 3.42. The third-order valence-corrected chi connectivity index (χ3v) is 5.49. The van der Waals surface area contributed by atoms with Crippen molar-refractivity contribution in [3.63, 3.8) is 0 Å². The summed E-state index contributed by atoms with van der Waals surface area (Å²) in [5.41, 5.74) is 2.30. The summed E-state index contributed by atoms with van der Waals surface area (Å²) < 4.78 is 0. The van der Waals surface area contributed by atoms with Crippen LogP contribution < -0.4 is 5.32 Å². The number of hydrogen-bond donors (Lipinski definition) is 2. The summed E-state index contributed by atoms with van der Waals surface area (Å²) in [6.45, 7) is 2.25. The van der Waals surface area contributed by atoms with Gasteiger partial charge in [0.15, 0.2) is 5.82 Å². The molecule has 0 aromatic carbocycles. The van der Waals surface area contributed by atoms with E-state index >= 15 is 0 Å². The predicted molar refractivity (Wildman–Crippen MR) is 97.5 cm³/mol. The number of thiophene rings is 1. The summed E-state index contributed by atoms with van der Waals surface area (Å²) in [5, 5.41) is 14.1. The molecule has 0 radical (unpaired) electrons. The molecule has 1 unspecified atom stereocenters. The van der Waals surface area contributed by atoms with E-state index in [1.807, 2.05) is 12.1 Å². The van der Waals surface area contributed by atoms with Crippen LogP contribution in [0.3, 0.4) is 0 Å². The fraction of sp³-hybridized carbons (Fsp3) is 0.389. The molecule has 5 nitrogen and oxygen atoms in total. The maximum absolute atomic E-state index is 9.65. The molecule has 0 bridgehead atoms. The summed E-state index contributed by atoms with van der Waals surface area (Å²) >= 11 is 1.78. The van der Waals surface area contributed by atoms with E-state index in [9.17, 15) is 5.11 Å². The van der Waals surface area contributed by atoms with Gasteiger partial charge in [0.2, 0.25) is 0 Å². The SMILES string of the molecule is CC(O)CNc1nc(-c2cccnc2)nc2sc3c(c12)CCCC3. The molecule has 0 amide bonds. The number of aliphatic hydroxyl groups excluding tert-OH is 1. The van der Waals surface area contributed by atoms with E-state index in [1.54, 1.807) is 30.7 Å². The number of nitrogens with one attached hydrogen (secondary N) is 1. The van der Waals surface area contributed by atoms with Gasteiger partial charge >= 0.3 is 0 Å². The summed E-state index contributed by atoms with van der Waals surface area (Å²) in [6.07, 6.45) is 7.80. The largest absolute Gasteiger partial charge is 0.392 e. The molecular formula is C18H20N4OS. The zero-order valence-electron chi connectivity index (χ0n) is 13.6. The zero-order valence-corrected chi connectivity index (χ0v) is 14.4. The summed E-state index contributed by atoms with van der Waals surface area (Å²) in [7, 11) is 0. The van der Waals surface area contributed by atoms with Gasteiger partial charge in [-0.2, -0.15) is 0 Å². The second kappa shape index (κ2) is 6.45. The quantitative estimate of drug-likeness (QED) is 0.761. The number of aliphatic hydroxyl groups is 1. The average molecular weight is 340 g/mol.